The summed E-state index contributed by atoms with van der Waals surface area (Å²) < 4.78 is 22.8. The van der Waals surface area contributed by atoms with Crippen LogP contribution < -0.4 is 10.6 Å². The molecule has 122 valence electrons. The van der Waals surface area contributed by atoms with Gasteiger partial charge < -0.3 is 10.6 Å². The molecule has 8 heteroatoms. The number of aromatic nitrogens is 1. The second-order valence-corrected chi connectivity index (χ2v) is 8.23. The number of hydrogen-bond acceptors (Lipinski definition) is 4. The molecule has 3 rings (SSSR count). The van der Waals surface area contributed by atoms with E-state index in [2.05, 4.69) is 15.6 Å². The van der Waals surface area contributed by atoms with Crippen LogP contribution in [0.3, 0.4) is 0 Å². The van der Waals surface area contributed by atoms with Gasteiger partial charge in [-0.1, -0.05) is 11.6 Å². The van der Waals surface area contributed by atoms with E-state index in [1.54, 1.807) is 24.4 Å². The van der Waals surface area contributed by atoms with Crippen LogP contribution in [0.1, 0.15) is 6.42 Å². The lowest BCUT2D eigenvalue weighted by Gasteiger charge is -2.12. The normalized spacial score (nSPS) is 19.6. The van der Waals surface area contributed by atoms with Crippen molar-refractivity contribution in [2.75, 3.05) is 23.4 Å². The van der Waals surface area contributed by atoms with Gasteiger partial charge in [0.1, 0.15) is 0 Å². The van der Waals surface area contributed by atoms with Gasteiger partial charge in [0, 0.05) is 18.1 Å². The van der Waals surface area contributed by atoms with Crippen LogP contribution >= 0.6 is 11.6 Å². The second-order valence-electron chi connectivity index (χ2n) is 5.60. The molecule has 2 N–H and O–H groups in total. The van der Waals surface area contributed by atoms with Gasteiger partial charge in [0.05, 0.1) is 27.7 Å². The number of anilines is 1. The lowest BCUT2D eigenvalue weighted by Crippen LogP contribution is -2.33. The quantitative estimate of drug-likeness (QED) is 0.887. The molecule has 23 heavy (non-hydrogen) atoms. The van der Waals surface area contributed by atoms with E-state index in [0.717, 1.165) is 5.39 Å². The Morgan fingerprint density at radius 3 is 2.91 bits per heavy atom. The minimum absolute atomic E-state index is 0.0191. The average molecular weight is 354 g/mol. The van der Waals surface area contributed by atoms with E-state index in [1.807, 2.05) is 6.07 Å². The van der Waals surface area contributed by atoms with Crippen LogP contribution in [0.5, 0.6) is 0 Å². The third-order valence-electron chi connectivity index (χ3n) is 3.85. The van der Waals surface area contributed by atoms with Gasteiger partial charge in [-0.15, -0.1) is 0 Å². The Labute approximate surface area is 139 Å². The first kappa shape index (κ1) is 16.0. The Hall–Kier alpha value is -1.86. The van der Waals surface area contributed by atoms with Gasteiger partial charge in [0.15, 0.2) is 9.84 Å². The molecule has 0 spiro atoms. The Morgan fingerprint density at radius 1 is 1.35 bits per heavy atom. The summed E-state index contributed by atoms with van der Waals surface area (Å²) in [7, 11) is -2.93. The molecule has 1 aromatic carbocycles. The van der Waals surface area contributed by atoms with E-state index in [0.29, 0.717) is 29.2 Å². The van der Waals surface area contributed by atoms with Crippen molar-refractivity contribution in [3.05, 3.63) is 35.5 Å². The minimum atomic E-state index is -2.93. The molecule has 0 bridgehead atoms. The third kappa shape index (κ3) is 3.73. The van der Waals surface area contributed by atoms with Gasteiger partial charge in [-0.3, -0.25) is 4.98 Å². The number of fused-ring (bicyclic) bond motifs is 1. The number of pyridine rings is 1. The predicted molar refractivity (Wildman–Crippen MR) is 90.5 cm³/mol. The summed E-state index contributed by atoms with van der Waals surface area (Å²) in [6.45, 7) is 0.342. The SMILES string of the molecule is O=C(NC[C@H]1CCS(=O)(=O)C1)Nc1ccc(Cl)c2ncccc12. The fourth-order valence-corrected chi connectivity index (χ4v) is 4.76. The highest BCUT2D eigenvalue weighted by molar-refractivity contribution is 7.91. The van der Waals surface area contributed by atoms with Crippen molar-refractivity contribution in [2.24, 2.45) is 5.92 Å². The summed E-state index contributed by atoms with van der Waals surface area (Å²) >= 11 is 6.09. The first-order valence-electron chi connectivity index (χ1n) is 7.23. The molecule has 1 aliphatic heterocycles. The van der Waals surface area contributed by atoms with Crippen molar-refractivity contribution in [3.8, 4) is 0 Å². The summed E-state index contributed by atoms with van der Waals surface area (Å²) in [6, 6.07) is 6.61. The van der Waals surface area contributed by atoms with Crippen LogP contribution in [0.4, 0.5) is 10.5 Å². The molecule has 1 aromatic heterocycles. The molecule has 0 aliphatic carbocycles. The molecule has 1 saturated heterocycles. The van der Waals surface area contributed by atoms with Gasteiger partial charge in [0.2, 0.25) is 0 Å². The summed E-state index contributed by atoms with van der Waals surface area (Å²) in [5.74, 6) is 0.324. The van der Waals surface area contributed by atoms with E-state index < -0.39 is 9.84 Å². The number of benzene rings is 1. The highest BCUT2D eigenvalue weighted by atomic mass is 35.5. The standard InChI is InChI=1S/C15H16ClN3O3S/c16-12-3-4-13(11-2-1-6-17-14(11)12)19-15(20)18-8-10-5-7-23(21,22)9-10/h1-4,6,10H,5,7-9H2,(H2,18,19,20)/t10-/m1/s1. The Morgan fingerprint density at radius 2 is 2.17 bits per heavy atom. The zero-order chi connectivity index (χ0) is 16.4. The number of carbonyl (C=O) groups excluding carboxylic acids is 1. The van der Waals surface area contributed by atoms with Crippen molar-refractivity contribution >= 4 is 44.1 Å². The van der Waals surface area contributed by atoms with Crippen molar-refractivity contribution in [1.29, 1.82) is 0 Å². The Kier molecular flexibility index (Phi) is 4.41. The number of nitrogens with zero attached hydrogens (tertiary/aromatic N) is 1. The number of urea groups is 1. The fourth-order valence-electron chi connectivity index (χ4n) is 2.68. The zero-order valence-electron chi connectivity index (χ0n) is 12.3. The molecule has 2 heterocycles. The topological polar surface area (TPSA) is 88.2 Å². The van der Waals surface area contributed by atoms with Gasteiger partial charge in [-0.25, -0.2) is 13.2 Å². The lowest BCUT2D eigenvalue weighted by molar-refractivity contribution is 0.250. The second kappa shape index (κ2) is 6.33. The number of carbonyl (C=O) groups is 1. The molecule has 0 radical (unpaired) electrons. The predicted octanol–water partition coefficient (Wildman–Crippen LogP) is 2.44. The van der Waals surface area contributed by atoms with E-state index in [4.69, 9.17) is 11.6 Å². The van der Waals surface area contributed by atoms with Crippen molar-refractivity contribution in [1.82, 2.24) is 10.3 Å². The molecule has 6 nitrogen and oxygen atoms in total. The van der Waals surface area contributed by atoms with Crippen LogP contribution in [-0.2, 0) is 9.84 Å². The molecule has 2 amide bonds. The van der Waals surface area contributed by atoms with Gasteiger partial charge in [0.25, 0.3) is 0 Å². The van der Waals surface area contributed by atoms with Gasteiger partial charge in [-0.2, -0.15) is 0 Å². The number of amides is 2. The largest absolute Gasteiger partial charge is 0.338 e. The molecular formula is C15H16ClN3O3S. The summed E-state index contributed by atoms with van der Waals surface area (Å²) in [5.41, 5.74) is 1.22. The third-order valence-corrected chi connectivity index (χ3v) is 5.99. The van der Waals surface area contributed by atoms with Crippen molar-refractivity contribution < 1.29 is 13.2 Å². The molecule has 0 saturated carbocycles. The van der Waals surface area contributed by atoms with Crippen LogP contribution in [0, 0.1) is 5.92 Å². The maximum atomic E-state index is 12.0. The number of hydrogen-bond donors (Lipinski definition) is 2. The molecule has 0 unspecified atom stereocenters. The van der Waals surface area contributed by atoms with E-state index in [1.165, 1.54) is 0 Å². The van der Waals surface area contributed by atoms with Crippen molar-refractivity contribution in [3.63, 3.8) is 0 Å². The van der Waals surface area contributed by atoms with E-state index in [9.17, 15) is 13.2 Å². The molecule has 1 atom stereocenters. The molecular weight excluding hydrogens is 338 g/mol. The van der Waals surface area contributed by atoms with Gasteiger partial charge >= 0.3 is 6.03 Å². The maximum absolute atomic E-state index is 12.0. The van der Waals surface area contributed by atoms with Crippen LogP contribution in [0.15, 0.2) is 30.5 Å². The minimum Gasteiger partial charge on any atom is -0.338 e. The monoisotopic (exact) mass is 353 g/mol. The number of halogens is 1. The van der Waals surface area contributed by atoms with Crippen LogP contribution in [0.2, 0.25) is 5.02 Å². The molecule has 1 fully saturated rings. The Balaban J connectivity index is 1.66. The summed E-state index contributed by atoms with van der Waals surface area (Å²) in [6.07, 6.45) is 2.23. The highest BCUT2D eigenvalue weighted by Gasteiger charge is 2.27. The van der Waals surface area contributed by atoms with Crippen molar-refractivity contribution in [2.45, 2.75) is 6.42 Å². The summed E-state index contributed by atoms with van der Waals surface area (Å²) in [5, 5.41) is 6.75. The maximum Gasteiger partial charge on any atom is 0.319 e. The number of sulfone groups is 1. The average Bonchev–Trinajstić information content (AvgIpc) is 2.88. The fraction of sp³-hybridized carbons (Fsp3) is 0.333. The highest BCUT2D eigenvalue weighted by Crippen LogP contribution is 2.27. The van der Waals surface area contributed by atoms with E-state index in [-0.39, 0.29) is 23.5 Å². The molecule has 1 aliphatic rings. The van der Waals surface area contributed by atoms with Crippen LogP contribution in [0.25, 0.3) is 10.9 Å². The smallest absolute Gasteiger partial charge is 0.319 e. The van der Waals surface area contributed by atoms with Crippen LogP contribution in [-0.4, -0.2) is 37.5 Å². The molecule has 2 aromatic rings. The first-order valence-corrected chi connectivity index (χ1v) is 9.43. The lowest BCUT2D eigenvalue weighted by atomic mass is 10.1. The Bertz CT molecular complexity index is 854. The summed E-state index contributed by atoms with van der Waals surface area (Å²) in [4.78, 5) is 16.2. The number of rotatable bonds is 3. The number of nitrogens with one attached hydrogen (secondary N) is 2. The first-order chi connectivity index (χ1) is 10.9. The van der Waals surface area contributed by atoms with Gasteiger partial charge in [-0.05, 0) is 36.6 Å². The van der Waals surface area contributed by atoms with E-state index >= 15 is 0 Å². The zero-order valence-corrected chi connectivity index (χ0v) is 13.8.